The van der Waals surface area contributed by atoms with Gasteiger partial charge in [-0.05, 0) is 50.3 Å². The van der Waals surface area contributed by atoms with E-state index < -0.39 is 10.3 Å². The Morgan fingerprint density at radius 3 is 2.43 bits per heavy atom. The first-order valence-electron chi connectivity index (χ1n) is 7.62. The summed E-state index contributed by atoms with van der Waals surface area (Å²) >= 11 is 1.80. The maximum atomic E-state index is 10.8. The smallest absolute Gasteiger partial charge is 0.269 e. The summed E-state index contributed by atoms with van der Waals surface area (Å²) in [5.41, 5.74) is 2.86. The van der Waals surface area contributed by atoms with Gasteiger partial charge in [-0.15, -0.1) is 11.3 Å². The number of hydrogen-bond acceptors (Lipinski definition) is 4. The normalized spacial score (nSPS) is 16.3. The molecule has 23 heavy (non-hydrogen) atoms. The van der Waals surface area contributed by atoms with Crippen LogP contribution in [0.1, 0.15) is 40.9 Å². The average Bonchev–Trinajstić information content (AvgIpc) is 3.15. The van der Waals surface area contributed by atoms with Gasteiger partial charge in [0.2, 0.25) is 0 Å². The largest absolute Gasteiger partial charge is 0.357 e. The number of thiazole rings is 1. The van der Waals surface area contributed by atoms with Crippen molar-refractivity contribution in [1.29, 1.82) is 0 Å². The van der Waals surface area contributed by atoms with Crippen LogP contribution in [-0.2, 0) is 28.6 Å². The van der Waals surface area contributed by atoms with Gasteiger partial charge in [-0.3, -0.25) is 9.27 Å². The molecule has 1 saturated carbocycles. The molecule has 124 valence electrons. The predicted octanol–water partition coefficient (Wildman–Crippen LogP) is 3.50. The standard InChI is InChI=1S/C16H20N2O3S2/c1-3-14-11(2)22-15(17-14)16(8-9-16)10-12-4-6-13(7-5-12)18-23(19,20)21/h4-7,18H,3,8-10H2,1-2H3,(H,19,20,21). The fourth-order valence-electron chi connectivity index (χ4n) is 2.83. The Labute approximate surface area is 140 Å². The van der Waals surface area contributed by atoms with Gasteiger partial charge in [0.25, 0.3) is 0 Å². The lowest BCUT2D eigenvalue weighted by Gasteiger charge is -2.12. The predicted molar refractivity (Wildman–Crippen MR) is 92.5 cm³/mol. The van der Waals surface area contributed by atoms with E-state index in [9.17, 15) is 8.42 Å². The second-order valence-corrected chi connectivity index (χ2v) is 8.46. The minimum atomic E-state index is -4.22. The zero-order chi connectivity index (χ0) is 16.7. The van der Waals surface area contributed by atoms with Crippen LogP contribution < -0.4 is 4.72 Å². The van der Waals surface area contributed by atoms with E-state index in [2.05, 4.69) is 18.6 Å². The molecule has 0 atom stereocenters. The van der Waals surface area contributed by atoms with Crippen molar-refractivity contribution in [3.05, 3.63) is 45.4 Å². The van der Waals surface area contributed by atoms with Crippen molar-refractivity contribution in [2.24, 2.45) is 0 Å². The van der Waals surface area contributed by atoms with Crippen molar-refractivity contribution in [2.45, 2.75) is 44.9 Å². The molecule has 1 fully saturated rings. The van der Waals surface area contributed by atoms with Crippen molar-refractivity contribution in [3.8, 4) is 0 Å². The molecule has 5 nitrogen and oxygen atoms in total. The van der Waals surface area contributed by atoms with Crippen LogP contribution in [0, 0.1) is 6.92 Å². The van der Waals surface area contributed by atoms with Gasteiger partial charge in [-0.2, -0.15) is 8.42 Å². The van der Waals surface area contributed by atoms with Crippen molar-refractivity contribution in [2.75, 3.05) is 4.72 Å². The fraction of sp³-hybridized carbons (Fsp3) is 0.438. The highest BCUT2D eigenvalue weighted by atomic mass is 32.2. The Morgan fingerprint density at radius 2 is 1.96 bits per heavy atom. The molecule has 1 aromatic heterocycles. The van der Waals surface area contributed by atoms with E-state index in [1.54, 1.807) is 23.5 Å². The quantitative estimate of drug-likeness (QED) is 0.780. The first kappa shape index (κ1) is 16.4. The summed E-state index contributed by atoms with van der Waals surface area (Å²) in [6.07, 6.45) is 4.17. The second kappa shape index (κ2) is 5.89. The second-order valence-electron chi connectivity index (χ2n) is 6.11. The molecule has 0 unspecified atom stereocenters. The van der Waals surface area contributed by atoms with Crippen LogP contribution in [0.15, 0.2) is 24.3 Å². The summed E-state index contributed by atoms with van der Waals surface area (Å²) < 4.78 is 32.5. The SMILES string of the molecule is CCc1nc(C2(Cc3ccc(NS(=O)(=O)O)cc3)CC2)sc1C. The van der Waals surface area contributed by atoms with Crippen LogP contribution in [0.25, 0.3) is 0 Å². The molecule has 3 rings (SSSR count). The molecule has 0 aliphatic heterocycles. The number of aromatic nitrogens is 1. The van der Waals surface area contributed by atoms with Gasteiger partial charge < -0.3 is 0 Å². The van der Waals surface area contributed by atoms with Crippen molar-refractivity contribution in [1.82, 2.24) is 4.98 Å². The lowest BCUT2D eigenvalue weighted by atomic mass is 9.97. The zero-order valence-electron chi connectivity index (χ0n) is 13.2. The number of nitrogens with zero attached hydrogens (tertiary/aromatic N) is 1. The molecular weight excluding hydrogens is 332 g/mol. The van der Waals surface area contributed by atoms with Crippen molar-refractivity contribution < 1.29 is 13.0 Å². The molecular formula is C16H20N2O3S2. The number of aryl methyl sites for hydroxylation is 2. The third kappa shape index (κ3) is 3.73. The molecule has 0 radical (unpaired) electrons. The molecule has 7 heteroatoms. The molecule has 0 bridgehead atoms. The van der Waals surface area contributed by atoms with Gasteiger partial charge in [0, 0.05) is 10.3 Å². The molecule has 1 aromatic carbocycles. The summed E-state index contributed by atoms with van der Waals surface area (Å²) in [6.45, 7) is 4.26. The van der Waals surface area contributed by atoms with Crippen LogP contribution in [0.4, 0.5) is 5.69 Å². The summed E-state index contributed by atoms with van der Waals surface area (Å²) in [7, 11) is -4.22. The Bertz CT molecular complexity index is 806. The van der Waals surface area contributed by atoms with Crippen LogP contribution in [0.5, 0.6) is 0 Å². The van der Waals surface area contributed by atoms with Gasteiger partial charge in [-0.1, -0.05) is 19.1 Å². The van der Waals surface area contributed by atoms with Gasteiger partial charge in [0.1, 0.15) is 0 Å². The van der Waals surface area contributed by atoms with E-state index in [0.29, 0.717) is 5.69 Å². The summed E-state index contributed by atoms with van der Waals surface area (Å²) in [5.74, 6) is 0. The highest BCUT2D eigenvalue weighted by Crippen LogP contribution is 2.52. The number of hydrogen-bond donors (Lipinski definition) is 2. The van der Waals surface area contributed by atoms with Gasteiger partial charge in [0.15, 0.2) is 0 Å². The molecule has 2 N–H and O–H groups in total. The monoisotopic (exact) mass is 352 g/mol. The molecule has 1 heterocycles. The first-order chi connectivity index (χ1) is 10.8. The van der Waals surface area contributed by atoms with Crippen LogP contribution in [0.3, 0.4) is 0 Å². The summed E-state index contributed by atoms with van der Waals surface area (Å²) in [5, 5.41) is 1.23. The van der Waals surface area contributed by atoms with Gasteiger partial charge in [0.05, 0.1) is 16.4 Å². The summed E-state index contributed by atoms with van der Waals surface area (Å²) in [6, 6.07) is 7.14. The Morgan fingerprint density at radius 1 is 1.30 bits per heavy atom. The third-order valence-electron chi connectivity index (χ3n) is 4.28. The zero-order valence-corrected chi connectivity index (χ0v) is 14.8. The molecule has 0 spiro atoms. The third-order valence-corrected chi connectivity index (χ3v) is 6.03. The topological polar surface area (TPSA) is 79.3 Å². The van der Waals surface area contributed by atoms with Crippen LogP contribution in [0.2, 0.25) is 0 Å². The van der Waals surface area contributed by atoms with E-state index in [1.165, 1.54) is 15.6 Å². The lowest BCUT2D eigenvalue weighted by Crippen LogP contribution is -2.12. The molecule has 0 amide bonds. The van der Waals surface area contributed by atoms with Crippen molar-refractivity contribution in [3.63, 3.8) is 0 Å². The Kier molecular flexibility index (Phi) is 4.20. The number of rotatable bonds is 6. The Balaban J connectivity index is 1.76. The van der Waals surface area contributed by atoms with E-state index >= 15 is 0 Å². The average molecular weight is 352 g/mol. The number of benzene rings is 1. The van der Waals surface area contributed by atoms with Gasteiger partial charge >= 0.3 is 10.3 Å². The van der Waals surface area contributed by atoms with Crippen LogP contribution >= 0.6 is 11.3 Å². The maximum absolute atomic E-state index is 10.8. The van der Waals surface area contributed by atoms with Crippen LogP contribution in [-0.4, -0.2) is 18.0 Å². The van der Waals surface area contributed by atoms with E-state index in [4.69, 9.17) is 9.54 Å². The fourth-order valence-corrected chi connectivity index (χ4v) is 4.51. The minimum absolute atomic E-state index is 0.154. The summed E-state index contributed by atoms with van der Waals surface area (Å²) in [4.78, 5) is 6.13. The van der Waals surface area contributed by atoms with Gasteiger partial charge in [-0.25, -0.2) is 4.98 Å². The lowest BCUT2D eigenvalue weighted by molar-refractivity contribution is 0.489. The van der Waals surface area contributed by atoms with E-state index in [1.807, 2.05) is 12.1 Å². The number of nitrogens with one attached hydrogen (secondary N) is 1. The molecule has 1 aliphatic rings. The minimum Gasteiger partial charge on any atom is -0.269 e. The highest BCUT2D eigenvalue weighted by Gasteiger charge is 2.46. The highest BCUT2D eigenvalue weighted by molar-refractivity contribution is 7.87. The van der Waals surface area contributed by atoms with Crippen molar-refractivity contribution >= 4 is 27.3 Å². The Hall–Kier alpha value is -1.44. The maximum Gasteiger partial charge on any atom is 0.357 e. The molecule has 1 aliphatic carbocycles. The molecule has 2 aromatic rings. The number of anilines is 1. The van der Waals surface area contributed by atoms with E-state index in [0.717, 1.165) is 31.2 Å². The van der Waals surface area contributed by atoms with E-state index in [-0.39, 0.29) is 5.41 Å². The molecule has 0 saturated heterocycles. The first-order valence-corrected chi connectivity index (χ1v) is 9.88.